The van der Waals surface area contributed by atoms with Gasteiger partial charge in [0, 0.05) is 0 Å². The van der Waals surface area contributed by atoms with Crippen LogP contribution in [0.2, 0.25) is 0 Å². The van der Waals surface area contributed by atoms with Gasteiger partial charge in [0.15, 0.2) is 0 Å². The summed E-state index contributed by atoms with van der Waals surface area (Å²) in [5.41, 5.74) is 5.22. The minimum atomic E-state index is -0.931. The van der Waals surface area contributed by atoms with Crippen LogP contribution in [0.15, 0.2) is 0 Å². The van der Waals surface area contributed by atoms with Crippen molar-refractivity contribution in [2.24, 2.45) is 5.73 Å². The fourth-order valence-corrected chi connectivity index (χ4v) is 1.92. The largest absolute Gasteiger partial charge is 0.481 e. The normalized spacial score (nSPS) is 12.5. The fourth-order valence-electron chi connectivity index (χ4n) is 0.214. The van der Waals surface area contributed by atoms with Crippen molar-refractivity contribution in [1.29, 1.82) is 0 Å². The van der Waals surface area contributed by atoms with Gasteiger partial charge in [0.2, 0.25) is 5.12 Å². The molecule has 0 spiro atoms. The van der Waals surface area contributed by atoms with Crippen LogP contribution in [0.25, 0.3) is 0 Å². The molecular formula is C5H9NO3S2. The number of carboxylic acids is 1. The monoisotopic (exact) mass is 195 g/mol. The van der Waals surface area contributed by atoms with Crippen molar-refractivity contribution < 1.29 is 14.7 Å². The molecule has 0 bridgehead atoms. The van der Waals surface area contributed by atoms with E-state index in [-0.39, 0.29) is 10.9 Å². The first-order valence-corrected chi connectivity index (χ1v) is 5.16. The number of rotatable bonds is 4. The lowest BCUT2D eigenvalue weighted by Crippen LogP contribution is -2.23. The SMILES string of the molecule is C[C@H](N)C(=O)SSCC(=O)O. The summed E-state index contributed by atoms with van der Waals surface area (Å²) in [6, 6.07) is -0.527. The Hall–Kier alpha value is -0.200. The van der Waals surface area contributed by atoms with Crippen LogP contribution in [0, 0.1) is 0 Å². The highest BCUT2D eigenvalue weighted by atomic mass is 33.1. The van der Waals surface area contributed by atoms with E-state index in [0.717, 1.165) is 21.6 Å². The quantitative estimate of drug-likeness (QED) is 0.629. The van der Waals surface area contributed by atoms with E-state index < -0.39 is 12.0 Å². The van der Waals surface area contributed by atoms with Gasteiger partial charge in [0.25, 0.3) is 0 Å². The third kappa shape index (κ3) is 6.21. The van der Waals surface area contributed by atoms with Crippen molar-refractivity contribution in [3.8, 4) is 0 Å². The van der Waals surface area contributed by atoms with Crippen LogP contribution in [-0.4, -0.2) is 28.0 Å². The lowest BCUT2D eigenvalue weighted by molar-refractivity contribution is -0.133. The maximum atomic E-state index is 10.7. The standard InChI is InChI=1S/C5H9NO3S2/c1-3(6)5(9)11-10-2-4(7)8/h3H,2,6H2,1H3,(H,7,8)/t3-/m0/s1. The molecule has 0 rings (SSSR count). The van der Waals surface area contributed by atoms with Gasteiger partial charge in [-0.3, -0.25) is 9.59 Å². The van der Waals surface area contributed by atoms with Gasteiger partial charge >= 0.3 is 5.97 Å². The summed E-state index contributed by atoms with van der Waals surface area (Å²) in [5, 5.41) is 7.99. The zero-order valence-corrected chi connectivity index (χ0v) is 7.58. The van der Waals surface area contributed by atoms with E-state index in [1.54, 1.807) is 6.92 Å². The van der Waals surface area contributed by atoms with E-state index >= 15 is 0 Å². The topological polar surface area (TPSA) is 80.4 Å². The third-order valence-corrected chi connectivity index (χ3v) is 2.91. The molecule has 0 saturated carbocycles. The van der Waals surface area contributed by atoms with Crippen LogP contribution in [0.1, 0.15) is 6.92 Å². The number of hydrogen-bond acceptors (Lipinski definition) is 5. The van der Waals surface area contributed by atoms with E-state index in [9.17, 15) is 9.59 Å². The molecule has 0 saturated heterocycles. The van der Waals surface area contributed by atoms with Gasteiger partial charge in [0.05, 0.1) is 6.04 Å². The van der Waals surface area contributed by atoms with Gasteiger partial charge in [-0.05, 0) is 17.7 Å². The Morgan fingerprint density at radius 1 is 1.64 bits per heavy atom. The van der Waals surface area contributed by atoms with Crippen LogP contribution < -0.4 is 5.73 Å². The fraction of sp³-hybridized carbons (Fsp3) is 0.600. The highest BCUT2D eigenvalue weighted by molar-refractivity contribution is 8.82. The Balaban J connectivity index is 3.39. The molecule has 0 aromatic heterocycles. The number of hydrogen-bond donors (Lipinski definition) is 2. The summed E-state index contributed by atoms with van der Waals surface area (Å²) in [7, 11) is 1.87. The summed E-state index contributed by atoms with van der Waals surface area (Å²) >= 11 is 0. The van der Waals surface area contributed by atoms with E-state index in [4.69, 9.17) is 10.8 Å². The van der Waals surface area contributed by atoms with Crippen molar-refractivity contribution >= 4 is 32.7 Å². The minimum Gasteiger partial charge on any atom is -0.481 e. The molecule has 64 valence electrons. The molecule has 0 amide bonds. The molecule has 1 atom stereocenters. The second-order valence-electron chi connectivity index (χ2n) is 1.85. The Bertz CT molecular complexity index is 160. The molecule has 0 heterocycles. The van der Waals surface area contributed by atoms with Crippen LogP contribution in [-0.2, 0) is 9.59 Å². The Kier molecular flexibility index (Phi) is 5.35. The minimum absolute atomic E-state index is 0.0802. The zero-order chi connectivity index (χ0) is 8.85. The Morgan fingerprint density at radius 2 is 2.18 bits per heavy atom. The molecule has 0 fully saturated rings. The summed E-state index contributed by atoms with van der Waals surface area (Å²) < 4.78 is 0. The van der Waals surface area contributed by atoms with E-state index in [0.29, 0.717) is 0 Å². The Labute approximate surface area is 72.3 Å². The second kappa shape index (κ2) is 5.45. The first-order valence-electron chi connectivity index (χ1n) is 2.84. The molecular weight excluding hydrogens is 186 g/mol. The summed E-state index contributed by atoms with van der Waals surface area (Å²) in [6.45, 7) is 1.57. The number of carbonyl (C=O) groups excluding carboxylic acids is 1. The van der Waals surface area contributed by atoms with Gasteiger partial charge in [0.1, 0.15) is 5.75 Å². The molecule has 3 N–H and O–H groups in total. The van der Waals surface area contributed by atoms with Crippen LogP contribution in [0.5, 0.6) is 0 Å². The molecule has 0 unspecified atom stereocenters. The van der Waals surface area contributed by atoms with Crippen molar-refractivity contribution in [2.75, 3.05) is 5.75 Å². The number of nitrogens with two attached hydrogens (primary N) is 1. The van der Waals surface area contributed by atoms with Gasteiger partial charge in [-0.25, -0.2) is 0 Å². The van der Waals surface area contributed by atoms with Crippen molar-refractivity contribution in [1.82, 2.24) is 0 Å². The van der Waals surface area contributed by atoms with Gasteiger partial charge in [-0.15, -0.1) is 0 Å². The molecule has 0 aliphatic rings. The predicted molar refractivity (Wildman–Crippen MR) is 46.3 cm³/mol. The zero-order valence-electron chi connectivity index (χ0n) is 5.94. The van der Waals surface area contributed by atoms with Gasteiger partial charge in [-0.1, -0.05) is 10.8 Å². The molecule has 4 nitrogen and oxygen atoms in total. The number of carboxylic acid groups (broad SMARTS) is 1. The maximum absolute atomic E-state index is 10.7. The molecule has 11 heavy (non-hydrogen) atoms. The predicted octanol–water partition coefficient (Wildman–Crippen LogP) is 0.326. The van der Waals surface area contributed by atoms with Crippen molar-refractivity contribution in [3.05, 3.63) is 0 Å². The Morgan fingerprint density at radius 3 is 2.55 bits per heavy atom. The molecule has 0 aliphatic heterocycles. The lowest BCUT2D eigenvalue weighted by Gasteiger charge is -2.00. The van der Waals surface area contributed by atoms with E-state index in [1.165, 1.54) is 0 Å². The van der Waals surface area contributed by atoms with Crippen molar-refractivity contribution in [3.63, 3.8) is 0 Å². The molecule has 0 aliphatic carbocycles. The van der Waals surface area contributed by atoms with Gasteiger partial charge in [-0.2, -0.15) is 0 Å². The number of aliphatic carboxylic acids is 1. The molecule has 6 heteroatoms. The highest BCUT2D eigenvalue weighted by Crippen LogP contribution is 2.22. The average Bonchev–Trinajstić information content (AvgIpc) is 1.86. The maximum Gasteiger partial charge on any atom is 0.314 e. The number of carbonyl (C=O) groups is 2. The van der Waals surface area contributed by atoms with E-state index in [2.05, 4.69) is 0 Å². The van der Waals surface area contributed by atoms with E-state index in [1.807, 2.05) is 0 Å². The first kappa shape index (κ1) is 10.8. The van der Waals surface area contributed by atoms with Crippen LogP contribution >= 0.6 is 21.6 Å². The second-order valence-corrected chi connectivity index (χ2v) is 4.15. The third-order valence-electron chi connectivity index (χ3n) is 0.695. The van der Waals surface area contributed by atoms with Crippen LogP contribution in [0.3, 0.4) is 0 Å². The highest BCUT2D eigenvalue weighted by Gasteiger charge is 2.09. The lowest BCUT2D eigenvalue weighted by atomic mass is 10.4. The smallest absolute Gasteiger partial charge is 0.314 e. The molecule has 0 radical (unpaired) electrons. The molecule has 0 aromatic rings. The average molecular weight is 195 g/mol. The summed E-state index contributed by atoms with van der Waals surface area (Å²) in [6.07, 6.45) is 0. The van der Waals surface area contributed by atoms with Crippen LogP contribution in [0.4, 0.5) is 0 Å². The molecule has 0 aromatic carbocycles. The van der Waals surface area contributed by atoms with Crippen molar-refractivity contribution in [2.45, 2.75) is 13.0 Å². The summed E-state index contributed by atoms with van der Waals surface area (Å²) in [4.78, 5) is 20.7. The van der Waals surface area contributed by atoms with Gasteiger partial charge < -0.3 is 10.8 Å². The first-order chi connectivity index (χ1) is 5.04. The summed E-state index contributed by atoms with van der Waals surface area (Å²) in [5.74, 6) is -1.01.